The summed E-state index contributed by atoms with van der Waals surface area (Å²) in [6.45, 7) is 3.21. The van der Waals surface area contributed by atoms with Gasteiger partial charge in [0.15, 0.2) is 0 Å². The highest BCUT2D eigenvalue weighted by atomic mass is 16.2. The van der Waals surface area contributed by atoms with Crippen molar-refractivity contribution in [2.45, 2.75) is 6.92 Å². The van der Waals surface area contributed by atoms with Crippen LogP contribution in [0.5, 0.6) is 0 Å². The minimum atomic E-state index is 0. The zero-order valence-electron chi connectivity index (χ0n) is 6.27. The first-order valence-electron chi connectivity index (χ1n) is 3.04. The van der Waals surface area contributed by atoms with Crippen molar-refractivity contribution >= 4 is 5.91 Å². The van der Waals surface area contributed by atoms with Crippen LogP contribution in [0, 0.1) is 0 Å². The lowest BCUT2D eigenvalue weighted by Gasteiger charge is -2.13. The molecule has 0 aromatic carbocycles. The van der Waals surface area contributed by atoms with E-state index in [9.17, 15) is 4.79 Å². The summed E-state index contributed by atoms with van der Waals surface area (Å²) >= 11 is 0. The largest absolute Gasteiger partial charge is 0.345 e. The Kier molecular flexibility index (Phi) is 4.05. The molecule has 0 rings (SSSR count). The summed E-state index contributed by atoms with van der Waals surface area (Å²) in [7, 11) is 3.66. The average molecular weight is 132 g/mol. The smallest absolute Gasteiger partial charge is 0.219 e. The van der Waals surface area contributed by atoms with Crippen LogP contribution in [0.3, 0.4) is 0 Å². The van der Waals surface area contributed by atoms with Gasteiger partial charge in [-0.2, -0.15) is 0 Å². The van der Waals surface area contributed by atoms with Crippen LogP contribution in [-0.2, 0) is 4.79 Å². The molecule has 0 aromatic rings. The van der Waals surface area contributed by atoms with Crippen LogP contribution in [0.1, 0.15) is 8.35 Å². The van der Waals surface area contributed by atoms with Crippen molar-refractivity contribution in [1.82, 2.24) is 10.2 Å². The van der Waals surface area contributed by atoms with Crippen molar-refractivity contribution in [3.05, 3.63) is 0 Å². The van der Waals surface area contributed by atoms with E-state index in [1.165, 1.54) is 0 Å². The minimum Gasteiger partial charge on any atom is -0.345 e. The van der Waals surface area contributed by atoms with E-state index < -0.39 is 0 Å². The maximum absolute atomic E-state index is 10.5. The van der Waals surface area contributed by atoms with Crippen LogP contribution in [0.15, 0.2) is 0 Å². The van der Waals surface area contributed by atoms with E-state index in [1.807, 2.05) is 7.05 Å². The van der Waals surface area contributed by atoms with Crippen molar-refractivity contribution in [2.75, 3.05) is 27.2 Å². The number of rotatable bonds is 3. The zero-order chi connectivity index (χ0) is 7.28. The molecule has 3 heteroatoms. The van der Waals surface area contributed by atoms with E-state index in [1.54, 1.807) is 18.9 Å². The fourth-order valence-electron chi connectivity index (χ4n) is 0.437. The Bertz CT molecular complexity index is 97.7. The topological polar surface area (TPSA) is 32.3 Å². The second-order valence-corrected chi connectivity index (χ2v) is 2.04. The van der Waals surface area contributed by atoms with Crippen LogP contribution >= 0.6 is 0 Å². The Morgan fingerprint density at radius 3 is 2.67 bits per heavy atom. The standard InChI is InChI=1S/C6H14N2O.H2/c1-6(9)8(3)5-4-7-2;/h7H,4-5H2,1-3H3;1H. The minimum absolute atomic E-state index is 0. The number of amides is 1. The Balaban J connectivity index is 0. The average Bonchev–Trinajstić information content (AvgIpc) is 1.82. The van der Waals surface area contributed by atoms with Gasteiger partial charge >= 0.3 is 0 Å². The molecular weight excluding hydrogens is 116 g/mol. The number of hydrogen-bond donors (Lipinski definition) is 1. The second-order valence-electron chi connectivity index (χ2n) is 2.04. The van der Waals surface area contributed by atoms with Gasteiger partial charge in [-0.3, -0.25) is 4.79 Å². The number of carbonyl (C=O) groups excluding carboxylic acids is 1. The fraction of sp³-hybridized carbons (Fsp3) is 0.833. The van der Waals surface area contributed by atoms with Crippen LogP contribution in [0.2, 0.25) is 0 Å². The number of nitrogens with one attached hydrogen (secondary N) is 1. The Labute approximate surface area is 57.5 Å². The number of nitrogens with zero attached hydrogens (tertiary/aromatic N) is 1. The molecule has 0 radical (unpaired) electrons. The van der Waals surface area contributed by atoms with E-state index >= 15 is 0 Å². The summed E-state index contributed by atoms with van der Waals surface area (Å²) < 4.78 is 0. The summed E-state index contributed by atoms with van der Waals surface area (Å²) in [5.74, 6) is 0.116. The van der Waals surface area contributed by atoms with Crippen molar-refractivity contribution in [3.63, 3.8) is 0 Å². The molecule has 0 bridgehead atoms. The van der Waals surface area contributed by atoms with E-state index in [-0.39, 0.29) is 7.33 Å². The molecule has 0 saturated carbocycles. The summed E-state index contributed by atoms with van der Waals surface area (Å²) in [4.78, 5) is 12.2. The predicted octanol–water partition coefficient (Wildman–Crippen LogP) is -0.0699. The van der Waals surface area contributed by atoms with Gasteiger partial charge in [0.05, 0.1) is 0 Å². The molecule has 0 fully saturated rings. The van der Waals surface area contributed by atoms with Crippen molar-refractivity contribution in [2.24, 2.45) is 0 Å². The number of likely N-dealkylation sites (N-methyl/N-ethyl adjacent to an activating group) is 2. The van der Waals surface area contributed by atoms with Gasteiger partial charge in [0.1, 0.15) is 0 Å². The van der Waals surface area contributed by atoms with Gasteiger partial charge in [-0.25, -0.2) is 0 Å². The van der Waals surface area contributed by atoms with Crippen LogP contribution in [0.4, 0.5) is 0 Å². The number of carbonyl (C=O) groups is 1. The van der Waals surface area contributed by atoms with Crippen molar-refractivity contribution in [1.29, 1.82) is 0 Å². The molecule has 0 atom stereocenters. The van der Waals surface area contributed by atoms with Crippen molar-refractivity contribution in [3.8, 4) is 0 Å². The van der Waals surface area contributed by atoms with E-state index in [2.05, 4.69) is 5.32 Å². The maximum atomic E-state index is 10.5. The van der Waals surface area contributed by atoms with Crippen LogP contribution in [-0.4, -0.2) is 38.0 Å². The van der Waals surface area contributed by atoms with Gasteiger partial charge in [0.25, 0.3) is 0 Å². The van der Waals surface area contributed by atoms with Gasteiger partial charge in [0, 0.05) is 28.5 Å². The molecule has 0 unspecified atom stereocenters. The Morgan fingerprint density at radius 1 is 1.78 bits per heavy atom. The molecule has 0 aromatic heterocycles. The molecule has 0 spiro atoms. The molecule has 0 aliphatic carbocycles. The summed E-state index contributed by atoms with van der Waals surface area (Å²) in [5, 5.41) is 2.96. The fourth-order valence-corrected chi connectivity index (χ4v) is 0.437. The first kappa shape index (κ1) is 8.43. The van der Waals surface area contributed by atoms with Gasteiger partial charge < -0.3 is 10.2 Å². The quantitative estimate of drug-likeness (QED) is 0.583. The molecule has 0 saturated heterocycles. The van der Waals surface area contributed by atoms with Gasteiger partial charge in [-0.05, 0) is 7.05 Å². The van der Waals surface area contributed by atoms with Crippen LogP contribution in [0.25, 0.3) is 0 Å². The molecule has 56 valence electrons. The molecule has 3 nitrogen and oxygen atoms in total. The lowest BCUT2D eigenvalue weighted by atomic mass is 10.5. The monoisotopic (exact) mass is 132 g/mol. The second kappa shape index (κ2) is 4.32. The molecule has 0 aliphatic rings. The third-order valence-corrected chi connectivity index (χ3v) is 1.23. The third kappa shape index (κ3) is 3.97. The van der Waals surface area contributed by atoms with E-state index in [4.69, 9.17) is 0 Å². The highest BCUT2D eigenvalue weighted by Gasteiger charge is 1.97. The maximum Gasteiger partial charge on any atom is 0.219 e. The lowest BCUT2D eigenvalue weighted by molar-refractivity contribution is -0.127. The molecule has 0 heterocycles. The number of hydrogen-bond acceptors (Lipinski definition) is 2. The third-order valence-electron chi connectivity index (χ3n) is 1.23. The lowest BCUT2D eigenvalue weighted by Crippen LogP contribution is -2.30. The SMILES string of the molecule is CNCCN(C)C(C)=O.[HH]. The van der Waals surface area contributed by atoms with Gasteiger partial charge in [-0.15, -0.1) is 0 Å². The predicted molar refractivity (Wildman–Crippen MR) is 39.4 cm³/mol. The van der Waals surface area contributed by atoms with E-state index in [0.29, 0.717) is 0 Å². The Hall–Kier alpha value is -0.570. The molecule has 1 amide bonds. The normalized spacial score (nSPS) is 9.22. The zero-order valence-corrected chi connectivity index (χ0v) is 6.27. The van der Waals surface area contributed by atoms with E-state index in [0.717, 1.165) is 13.1 Å². The molecule has 0 aliphatic heterocycles. The molecule has 1 N–H and O–H groups in total. The van der Waals surface area contributed by atoms with Crippen LogP contribution < -0.4 is 5.32 Å². The summed E-state index contributed by atoms with van der Waals surface area (Å²) in [5.41, 5.74) is 0. The summed E-state index contributed by atoms with van der Waals surface area (Å²) in [6, 6.07) is 0. The van der Waals surface area contributed by atoms with Gasteiger partial charge in [0.2, 0.25) is 5.91 Å². The Morgan fingerprint density at radius 2 is 2.33 bits per heavy atom. The van der Waals surface area contributed by atoms with Gasteiger partial charge in [-0.1, -0.05) is 0 Å². The first-order chi connectivity index (χ1) is 4.18. The summed E-state index contributed by atoms with van der Waals surface area (Å²) in [6.07, 6.45) is 0. The molecular formula is C6H16N2O. The molecule has 9 heavy (non-hydrogen) atoms. The first-order valence-corrected chi connectivity index (χ1v) is 3.04. The highest BCUT2D eigenvalue weighted by Crippen LogP contribution is 1.79. The van der Waals surface area contributed by atoms with Crippen molar-refractivity contribution < 1.29 is 6.22 Å². The highest BCUT2D eigenvalue weighted by molar-refractivity contribution is 5.72.